The molecule has 2 nitrogen and oxygen atoms in total. The van der Waals surface area contributed by atoms with Crippen LogP contribution in [0.15, 0.2) is 54.9 Å². The molecule has 0 radical (unpaired) electrons. The first-order valence-electron chi connectivity index (χ1n) is 6.43. The maximum absolute atomic E-state index is 10.5. The van der Waals surface area contributed by atoms with E-state index in [1.54, 1.807) is 11.8 Å². The number of rotatable bonds is 6. The highest BCUT2D eigenvalue weighted by Crippen LogP contribution is 2.25. The fourth-order valence-corrected chi connectivity index (χ4v) is 2.98. The van der Waals surface area contributed by atoms with Crippen LogP contribution >= 0.6 is 11.8 Å². The number of benzene rings is 1. The third-order valence-corrected chi connectivity index (χ3v) is 4.32. The highest BCUT2D eigenvalue weighted by Gasteiger charge is 2.22. The molecule has 100 valence electrons. The molecular weight excluding hydrogens is 254 g/mol. The maximum atomic E-state index is 10.5. The van der Waals surface area contributed by atoms with Gasteiger partial charge in [-0.15, -0.1) is 0 Å². The van der Waals surface area contributed by atoms with Crippen molar-refractivity contribution in [3.05, 3.63) is 66.0 Å². The SMILES string of the molecule is CC(O)(CSCCc1ccncc1)c1ccccc1. The van der Waals surface area contributed by atoms with Gasteiger partial charge in [-0.05, 0) is 42.4 Å². The Balaban J connectivity index is 1.79. The zero-order valence-corrected chi connectivity index (χ0v) is 11.9. The second-order valence-corrected chi connectivity index (χ2v) is 5.90. The monoisotopic (exact) mass is 273 g/mol. The minimum atomic E-state index is -0.760. The molecule has 2 rings (SSSR count). The Hall–Kier alpha value is -1.32. The number of aryl methyl sites for hydroxylation is 1. The summed E-state index contributed by atoms with van der Waals surface area (Å²) in [5.74, 6) is 1.72. The topological polar surface area (TPSA) is 33.1 Å². The summed E-state index contributed by atoms with van der Waals surface area (Å²) in [6.45, 7) is 1.88. The smallest absolute Gasteiger partial charge is 0.0958 e. The van der Waals surface area contributed by atoms with Crippen molar-refractivity contribution >= 4 is 11.8 Å². The van der Waals surface area contributed by atoms with Crippen LogP contribution in [0.5, 0.6) is 0 Å². The molecule has 0 fully saturated rings. The van der Waals surface area contributed by atoms with Crippen molar-refractivity contribution in [1.29, 1.82) is 0 Å². The summed E-state index contributed by atoms with van der Waals surface area (Å²) < 4.78 is 0. The Kier molecular flexibility index (Phi) is 5.00. The van der Waals surface area contributed by atoms with Crippen molar-refractivity contribution in [3.8, 4) is 0 Å². The van der Waals surface area contributed by atoms with Gasteiger partial charge in [-0.3, -0.25) is 4.98 Å². The van der Waals surface area contributed by atoms with E-state index in [-0.39, 0.29) is 0 Å². The predicted octanol–water partition coefficient (Wildman–Crippen LogP) is 3.27. The summed E-state index contributed by atoms with van der Waals surface area (Å²) in [6, 6.07) is 13.9. The van der Waals surface area contributed by atoms with Gasteiger partial charge in [0.1, 0.15) is 0 Å². The van der Waals surface area contributed by atoms with Crippen LogP contribution in [0.25, 0.3) is 0 Å². The second-order valence-electron chi connectivity index (χ2n) is 4.80. The van der Waals surface area contributed by atoms with Gasteiger partial charge in [0.05, 0.1) is 5.60 Å². The summed E-state index contributed by atoms with van der Waals surface area (Å²) in [5.41, 5.74) is 1.51. The summed E-state index contributed by atoms with van der Waals surface area (Å²) >= 11 is 1.78. The van der Waals surface area contributed by atoms with Gasteiger partial charge >= 0.3 is 0 Å². The molecule has 0 aliphatic carbocycles. The van der Waals surface area contributed by atoms with E-state index in [9.17, 15) is 5.11 Å². The Bertz CT molecular complexity index is 485. The second kappa shape index (κ2) is 6.73. The normalized spacial score (nSPS) is 14.0. The fraction of sp³-hybridized carbons (Fsp3) is 0.312. The first kappa shape index (κ1) is 14.1. The van der Waals surface area contributed by atoms with Crippen LogP contribution in [0.1, 0.15) is 18.1 Å². The number of thioether (sulfide) groups is 1. The molecule has 0 aliphatic heterocycles. The lowest BCUT2D eigenvalue weighted by molar-refractivity contribution is 0.0839. The van der Waals surface area contributed by atoms with E-state index in [2.05, 4.69) is 4.98 Å². The fourth-order valence-electron chi connectivity index (χ4n) is 1.89. The Morgan fingerprint density at radius 3 is 2.47 bits per heavy atom. The standard InChI is InChI=1S/C16H19NOS/c1-16(18,15-5-3-2-4-6-15)13-19-12-9-14-7-10-17-11-8-14/h2-8,10-11,18H,9,12-13H2,1H3. The Morgan fingerprint density at radius 2 is 1.79 bits per heavy atom. The van der Waals surface area contributed by atoms with E-state index in [1.807, 2.05) is 61.8 Å². The van der Waals surface area contributed by atoms with Crippen molar-refractivity contribution in [3.63, 3.8) is 0 Å². The summed E-state index contributed by atoms with van der Waals surface area (Å²) in [6.07, 6.45) is 4.65. The molecule has 1 aromatic carbocycles. The van der Waals surface area contributed by atoms with Gasteiger partial charge in [0.15, 0.2) is 0 Å². The van der Waals surface area contributed by atoms with Crippen LogP contribution in [0.2, 0.25) is 0 Å². The molecule has 1 aromatic heterocycles. The van der Waals surface area contributed by atoms with Crippen LogP contribution in [0.4, 0.5) is 0 Å². The van der Waals surface area contributed by atoms with E-state index in [1.165, 1.54) is 5.56 Å². The van der Waals surface area contributed by atoms with Gasteiger partial charge in [0.2, 0.25) is 0 Å². The van der Waals surface area contributed by atoms with Gasteiger partial charge in [0.25, 0.3) is 0 Å². The molecule has 1 unspecified atom stereocenters. The molecule has 3 heteroatoms. The number of aromatic nitrogens is 1. The molecule has 0 aliphatic rings. The van der Waals surface area contributed by atoms with Crippen molar-refractivity contribution in [2.24, 2.45) is 0 Å². The van der Waals surface area contributed by atoms with Crippen LogP contribution in [-0.2, 0) is 12.0 Å². The van der Waals surface area contributed by atoms with Gasteiger partial charge in [-0.2, -0.15) is 11.8 Å². The molecule has 0 saturated carbocycles. The van der Waals surface area contributed by atoms with Crippen LogP contribution in [-0.4, -0.2) is 21.6 Å². The third kappa shape index (κ3) is 4.37. The first-order valence-corrected chi connectivity index (χ1v) is 7.58. The van der Waals surface area contributed by atoms with E-state index in [0.717, 1.165) is 17.7 Å². The molecule has 0 amide bonds. The number of hydrogen-bond donors (Lipinski definition) is 1. The lowest BCUT2D eigenvalue weighted by Crippen LogP contribution is -2.24. The summed E-state index contributed by atoms with van der Waals surface area (Å²) in [7, 11) is 0. The van der Waals surface area contributed by atoms with Crippen molar-refractivity contribution < 1.29 is 5.11 Å². The lowest BCUT2D eigenvalue weighted by Gasteiger charge is -2.23. The molecule has 0 bridgehead atoms. The van der Waals surface area contributed by atoms with Crippen LogP contribution in [0, 0.1) is 0 Å². The average Bonchev–Trinajstić information content (AvgIpc) is 2.46. The molecule has 1 atom stereocenters. The number of aliphatic hydroxyl groups is 1. The van der Waals surface area contributed by atoms with E-state index >= 15 is 0 Å². The van der Waals surface area contributed by atoms with Crippen LogP contribution in [0.3, 0.4) is 0 Å². The zero-order valence-electron chi connectivity index (χ0n) is 11.1. The minimum absolute atomic E-state index is 0.710. The van der Waals surface area contributed by atoms with Crippen molar-refractivity contribution in [1.82, 2.24) is 4.98 Å². The maximum Gasteiger partial charge on any atom is 0.0958 e. The largest absolute Gasteiger partial charge is 0.385 e. The molecule has 19 heavy (non-hydrogen) atoms. The van der Waals surface area contributed by atoms with Gasteiger partial charge in [-0.1, -0.05) is 30.3 Å². The highest BCUT2D eigenvalue weighted by atomic mass is 32.2. The summed E-state index contributed by atoms with van der Waals surface area (Å²) in [5, 5.41) is 10.5. The van der Waals surface area contributed by atoms with Gasteiger partial charge < -0.3 is 5.11 Å². The van der Waals surface area contributed by atoms with Gasteiger partial charge in [0, 0.05) is 18.1 Å². The van der Waals surface area contributed by atoms with E-state index in [4.69, 9.17) is 0 Å². The molecule has 0 saturated heterocycles. The molecule has 1 heterocycles. The van der Waals surface area contributed by atoms with E-state index < -0.39 is 5.60 Å². The van der Waals surface area contributed by atoms with Gasteiger partial charge in [-0.25, -0.2) is 0 Å². The third-order valence-electron chi connectivity index (χ3n) is 3.06. The Morgan fingerprint density at radius 1 is 1.11 bits per heavy atom. The molecule has 1 N–H and O–H groups in total. The molecule has 2 aromatic rings. The minimum Gasteiger partial charge on any atom is -0.385 e. The number of hydrogen-bond acceptors (Lipinski definition) is 3. The first-order chi connectivity index (χ1) is 9.18. The van der Waals surface area contributed by atoms with E-state index in [0.29, 0.717) is 5.75 Å². The number of nitrogens with zero attached hydrogens (tertiary/aromatic N) is 1. The molecule has 0 spiro atoms. The van der Waals surface area contributed by atoms with Crippen molar-refractivity contribution in [2.75, 3.05) is 11.5 Å². The zero-order chi connectivity index (χ0) is 13.6. The van der Waals surface area contributed by atoms with Crippen molar-refractivity contribution in [2.45, 2.75) is 18.9 Å². The summed E-state index contributed by atoms with van der Waals surface area (Å²) in [4.78, 5) is 4.01. The number of pyridine rings is 1. The average molecular weight is 273 g/mol. The predicted molar refractivity (Wildman–Crippen MR) is 81.3 cm³/mol. The lowest BCUT2D eigenvalue weighted by atomic mass is 9.99. The Labute approximate surface area is 118 Å². The molecular formula is C16H19NOS. The highest BCUT2D eigenvalue weighted by molar-refractivity contribution is 7.99. The quantitative estimate of drug-likeness (QED) is 0.820. The van der Waals surface area contributed by atoms with Crippen LogP contribution < -0.4 is 0 Å².